The molecule has 2 unspecified atom stereocenters. The third-order valence-electron chi connectivity index (χ3n) is 3.45. The number of nitrogens with one attached hydrogen (secondary N) is 1. The van der Waals surface area contributed by atoms with Crippen molar-refractivity contribution in [2.45, 2.75) is 52.6 Å². The van der Waals surface area contributed by atoms with Gasteiger partial charge in [0.25, 0.3) is 0 Å². The number of Topliss-reactive ketones (excluding diaryl/α,β-unsaturated/α-hetero) is 1. The molecular weight excluding hydrogens is 254 g/mol. The van der Waals surface area contributed by atoms with Gasteiger partial charge in [-0.25, -0.2) is 0 Å². The van der Waals surface area contributed by atoms with Gasteiger partial charge in [-0.15, -0.1) is 0 Å². The summed E-state index contributed by atoms with van der Waals surface area (Å²) >= 11 is 0. The van der Waals surface area contributed by atoms with E-state index in [0.29, 0.717) is 5.56 Å². The number of hydrogen-bond donors (Lipinski definition) is 2. The van der Waals surface area contributed by atoms with Crippen LogP contribution in [0.5, 0.6) is 0 Å². The molecule has 2 atom stereocenters. The summed E-state index contributed by atoms with van der Waals surface area (Å²) < 4.78 is 0. The van der Waals surface area contributed by atoms with E-state index in [2.05, 4.69) is 5.32 Å². The minimum atomic E-state index is -0.968. The van der Waals surface area contributed by atoms with Crippen LogP contribution in [0.15, 0.2) is 18.2 Å². The second kappa shape index (κ2) is 7.20. The molecule has 0 bridgehead atoms. The van der Waals surface area contributed by atoms with Crippen molar-refractivity contribution in [2.24, 2.45) is 0 Å². The molecule has 0 aliphatic heterocycles. The van der Waals surface area contributed by atoms with E-state index < -0.39 is 12.0 Å². The lowest BCUT2D eigenvalue weighted by Crippen LogP contribution is -2.43. The van der Waals surface area contributed by atoms with Crippen molar-refractivity contribution < 1.29 is 14.7 Å². The van der Waals surface area contributed by atoms with Gasteiger partial charge in [0.2, 0.25) is 0 Å². The zero-order valence-electron chi connectivity index (χ0n) is 12.6. The summed E-state index contributed by atoms with van der Waals surface area (Å²) in [6, 6.07) is 5.09. The van der Waals surface area contributed by atoms with Gasteiger partial charge in [-0.3, -0.25) is 9.59 Å². The number of carbonyl (C=O) groups excluding carboxylic acids is 1. The second-order valence-electron chi connectivity index (χ2n) is 5.31. The summed E-state index contributed by atoms with van der Waals surface area (Å²) in [4.78, 5) is 23.6. The first-order chi connectivity index (χ1) is 9.35. The predicted octanol–water partition coefficient (Wildman–Crippen LogP) is 2.72. The van der Waals surface area contributed by atoms with E-state index in [1.165, 1.54) is 0 Å². The molecule has 0 saturated carbocycles. The Bertz CT molecular complexity index is 496. The van der Waals surface area contributed by atoms with Crippen LogP contribution < -0.4 is 5.32 Å². The fourth-order valence-electron chi connectivity index (χ4n) is 2.05. The molecule has 0 heterocycles. The Morgan fingerprint density at radius 2 is 1.95 bits per heavy atom. The molecule has 4 heteroatoms. The monoisotopic (exact) mass is 277 g/mol. The highest BCUT2D eigenvalue weighted by atomic mass is 16.4. The summed E-state index contributed by atoms with van der Waals surface area (Å²) in [7, 11) is 0. The fourth-order valence-corrected chi connectivity index (χ4v) is 2.05. The van der Waals surface area contributed by atoms with Crippen LogP contribution in [0.2, 0.25) is 0 Å². The maximum atomic E-state index is 12.6. The highest BCUT2D eigenvalue weighted by Gasteiger charge is 2.25. The quantitative estimate of drug-likeness (QED) is 0.752. The number of benzene rings is 1. The van der Waals surface area contributed by atoms with Crippen molar-refractivity contribution in [3.63, 3.8) is 0 Å². The molecule has 0 spiro atoms. The maximum absolute atomic E-state index is 12.6. The van der Waals surface area contributed by atoms with Gasteiger partial charge in [-0.05, 0) is 38.8 Å². The van der Waals surface area contributed by atoms with Crippen LogP contribution in [0.25, 0.3) is 0 Å². The second-order valence-corrected chi connectivity index (χ2v) is 5.31. The number of rotatable bonds is 7. The van der Waals surface area contributed by atoms with Gasteiger partial charge in [0.15, 0.2) is 5.78 Å². The van der Waals surface area contributed by atoms with Crippen molar-refractivity contribution in [1.82, 2.24) is 5.32 Å². The van der Waals surface area contributed by atoms with Gasteiger partial charge in [0, 0.05) is 11.6 Å². The van der Waals surface area contributed by atoms with Gasteiger partial charge in [-0.2, -0.15) is 0 Å². The Kier molecular flexibility index (Phi) is 5.89. The number of carbonyl (C=O) groups is 2. The highest BCUT2D eigenvalue weighted by Crippen LogP contribution is 2.15. The summed E-state index contributed by atoms with van der Waals surface area (Å²) in [6.07, 6.45) is 0.646. The maximum Gasteiger partial charge on any atom is 0.305 e. The SMILES string of the molecule is CCC(C)NC(CC(=O)O)C(=O)c1cc(C)ccc1C. The number of hydrogen-bond acceptors (Lipinski definition) is 3. The molecule has 0 aliphatic rings. The molecule has 0 aromatic heterocycles. The molecule has 4 nitrogen and oxygen atoms in total. The molecule has 0 amide bonds. The van der Waals surface area contributed by atoms with Crippen LogP contribution >= 0.6 is 0 Å². The number of aliphatic carboxylic acids is 1. The first-order valence-corrected chi connectivity index (χ1v) is 6.94. The average molecular weight is 277 g/mol. The molecule has 1 aromatic rings. The summed E-state index contributed by atoms with van der Waals surface area (Å²) in [5.41, 5.74) is 2.48. The third kappa shape index (κ3) is 4.46. The van der Waals surface area contributed by atoms with Gasteiger partial charge in [0.05, 0.1) is 12.5 Å². The molecule has 20 heavy (non-hydrogen) atoms. The lowest BCUT2D eigenvalue weighted by atomic mass is 9.95. The molecule has 0 fully saturated rings. The Balaban J connectivity index is 3.02. The van der Waals surface area contributed by atoms with E-state index in [1.54, 1.807) is 0 Å². The number of ketones is 1. The normalized spacial score (nSPS) is 13.8. The molecule has 0 saturated heterocycles. The van der Waals surface area contributed by atoms with Crippen molar-refractivity contribution in [3.8, 4) is 0 Å². The topological polar surface area (TPSA) is 66.4 Å². The van der Waals surface area contributed by atoms with E-state index in [1.807, 2.05) is 45.9 Å². The Hall–Kier alpha value is -1.68. The zero-order chi connectivity index (χ0) is 15.3. The van der Waals surface area contributed by atoms with E-state index >= 15 is 0 Å². The molecule has 110 valence electrons. The van der Waals surface area contributed by atoms with E-state index in [-0.39, 0.29) is 18.2 Å². The lowest BCUT2D eigenvalue weighted by molar-refractivity contribution is -0.137. The van der Waals surface area contributed by atoms with Crippen LogP contribution in [0, 0.1) is 13.8 Å². The van der Waals surface area contributed by atoms with E-state index in [9.17, 15) is 9.59 Å². The smallest absolute Gasteiger partial charge is 0.305 e. The Labute approximate surface area is 120 Å². The first-order valence-electron chi connectivity index (χ1n) is 6.94. The Morgan fingerprint density at radius 3 is 2.50 bits per heavy atom. The molecule has 1 rings (SSSR count). The van der Waals surface area contributed by atoms with Crippen LogP contribution in [-0.4, -0.2) is 28.9 Å². The van der Waals surface area contributed by atoms with Gasteiger partial charge < -0.3 is 10.4 Å². The van der Waals surface area contributed by atoms with Crippen molar-refractivity contribution in [3.05, 3.63) is 34.9 Å². The summed E-state index contributed by atoms with van der Waals surface area (Å²) in [5.74, 6) is -1.11. The fraction of sp³-hybridized carbons (Fsp3) is 0.500. The minimum Gasteiger partial charge on any atom is -0.481 e. The summed E-state index contributed by atoms with van der Waals surface area (Å²) in [6.45, 7) is 7.74. The van der Waals surface area contributed by atoms with Gasteiger partial charge >= 0.3 is 5.97 Å². The molecular formula is C16H23NO3. The first kappa shape index (κ1) is 16.4. The standard InChI is InChI=1S/C16H23NO3/c1-5-12(4)17-14(9-15(18)19)16(20)13-8-10(2)6-7-11(13)3/h6-8,12,14,17H,5,9H2,1-4H3,(H,18,19). The molecule has 0 aliphatic carbocycles. The minimum absolute atomic E-state index is 0.105. The van der Waals surface area contributed by atoms with Crippen LogP contribution in [0.4, 0.5) is 0 Å². The molecule has 0 radical (unpaired) electrons. The van der Waals surface area contributed by atoms with Gasteiger partial charge in [-0.1, -0.05) is 24.6 Å². The van der Waals surface area contributed by atoms with Crippen LogP contribution in [-0.2, 0) is 4.79 Å². The number of carboxylic acids is 1. The average Bonchev–Trinajstić information content (AvgIpc) is 2.39. The van der Waals surface area contributed by atoms with E-state index in [0.717, 1.165) is 17.5 Å². The van der Waals surface area contributed by atoms with Crippen LogP contribution in [0.3, 0.4) is 0 Å². The third-order valence-corrected chi connectivity index (χ3v) is 3.45. The van der Waals surface area contributed by atoms with Crippen LogP contribution in [0.1, 0.15) is 48.2 Å². The number of aryl methyl sites for hydroxylation is 2. The van der Waals surface area contributed by atoms with Crippen molar-refractivity contribution >= 4 is 11.8 Å². The largest absolute Gasteiger partial charge is 0.481 e. The molecule has 2 N–H and O–H groups in total. The zero-order valence-corrected chi connectivity index (χ0v) is 12.6. The Morgan fingerprint density at radius 1 is 1.30 bits per heavy atom. The van der Waals surface area contributed by atoms with Crippen molar-refractivity contribution in [1.29, 1.82) is 0 Å². The predicted molar refractivity (Wildman–Crippen MR) is 79.2 cm³/mol. The lowest BCUT2D eigenvalue weighted by Gasteiger charge is -2.21. The van der Waals surface area contributed by atoms with Gasteiger partial charge in [0.1, 0.15) is 0 Å². The van der Waals surface area contributed by atoms with E-state index in [4.69, 9.17) is 5.11 Å². The summed E-state index contributed by atoms with van der Waals surface area (Å²) in [5, 5.41) is 12.1. The van der Waals surface area contributed by atoms with Crippen molar-refractivity contribution in [2.75, 3.05) is 0 Å². The number of carboxylic acid groups (broad SMARTS) is 1. The molecule has 1 aromatic carbocycles. The highest BCUT2D eigenvalue weighted by molar-refractivity contribution is 6.03.